The average Bonchev–Trinajstić information content (AvgIpc) is 3.04. The molecular formula is C21H30O6. The van der Waals surface area contributed by atoms with Gasteiger partial charge < -0.3 is 25.2 Å². The maximum Gasteiger partial charge on any atom is 0.219 e. The summed E-state index contributed by atoms with van der Waals surface area (Å²) in [6.45, 7) is 1.72. The van der Waals surface area contributed by atoms with Gasteiger partial charge in [-0.05, 0) is 67.8 Å². The van der Waals surface area contributed by atoms with Gasteiger partial charge in [0, 0.05) is 11.8 Å². The summed E-state index contributed by atoms with van der Waals surface area (Å²) in [5.41, 5.74) is -1.23. The van der Waals surface area contributed by atoms with Crippen molar-refractivity contribution in [3.05, 3.63) is 11.6 Å². The van der Waals surface area contributed by atoms with E-state index in [-0.39, 0.29) is 35.6 Å². The standard InChI is InChI=1S/C21H30O6/c1-18-6-4-13(23)8-12(18)2-3-14-15-5-7-20(25)19(15,9-16(24)17(14)18)11-27-21(20,26)10-22/h8,14-17,22,24-26H,2-7,9-11H2,1H3/t14-,15-,16-,17+,18-,19+,20+,21+/m0/s1/i4+1,8+1,13+1. The third-order valence-corrected chi connectivity index (χ3v) is 9.19. The Kier molecular flexibility index (Phi) is 3.66. The van der Waals surface area contributed by atoms with Crippen molar-refractivity contribution in [3.63, 3.8) is 0 Å². The van der Waals surface area contributed by atoms with Gasteiger partial charge in [-0.3, -0.25) is 4.79 Å². The molecule has 1 heterocycles. The summed E-state index contributed by atoms with van der Waals surface area (Å²) >= 11 is 0. The first-order chi connectivity index (χ1) is 12.7. The van der Waals surface area contributed by atoms with E-state index >= 15 is 0 Å². The zero-order valence-electron chi connectivity index (χ0n) is 15.9. The van der Waals surface area contributed by atoms with E-state index in [0.29, 0.717) is 19.3 Å². The van der Waals surface area contributed by atoms with Crippen LogP contribution in [0.2, 0.25) is 0 Å². The van der Waals surface area contributed by atoms with Gasteiger partial charge in [0.05, 0.1) is 12.7 Å². The number of carbonyl (C=O) groups is 1. The van der Waals surface area contributed by atoms with Crippen molar-refractivity contribution in [2.75, 3.05) is 13.2 Å². The maximum atomic E-state index is 11.9. The highest BCUT2D eigenvalue weighted by Gasteiger charge is 2.77. The molecule has 4 aliphatic carbocycles. The molecule has 1 spiro atoms. The van der Waals surface area contributed by atoms with E-state index < -0.39 is 29.5 Å². The molecule has 6 heteroatoms. The number of rotatable bonds is 1. The molecule has 6 nitrogen and oxygen atoms in total. The number of aliphatic hydroxyl groups excluding tert-OH is 2. The van der Waals surface area contributed by atoms with Gasteiger partial charge in [0.15, 0.2) is 5.78 Å². The van der Waals surface area contributed by atoms with Crippen LogP contribution in [0.15, 0.2) is 11.6 Å². The van der Waals surface area contributed by atoms with Gasteiger partial charge in [-0.15, -0.1) is 0 Å². The lowest BCUT2D eigenvalue weighted by Crippen LogP contribution is -2.64. The van der Waals surface area contributed by atoms with E-state index in [9.17, 15) is 25.2 Å². The van der Waals surface area contributed by atoms with Gasteiger partial charge in [0.25, 0.3) is 0 Å². The molecule has 1 saturated heterocycles. The fourth-order valence-electron chi connectivity index (χ4n) is 7.90. The lowest BCUT2D eigenvalue weighted by molar-refractivity contribution is -0.280. The molecule has 1 aliphatic heterocycles. The summed E-state index contributed by atoms with van der Waals surface area (Å²) in [6.07, 6.45) is 5.75. The van der Waals surface area contributed by atoms with Crippen LogP contribution in [0.3, 0.4) is 0 Å². The zero-order chi connectivity index (χ0) is 19.2. The topological polar surface area (TPSA) is 107 Å². The van der Waals surface area contributed by atoms with Crippen molar-refractivity contribution in [1.82, 2.24) is 0 Å². The van der Waals surface area contributed by atoms with Gasteiger partial charge in [-0.1, -0.05) is 12.5 Å². The SMILES string of the molecule is C[C@]12C[13CH2][13C](=O)[13CH]=C1CC[C@@H]1[C@@H]2[C@@H](O)C[C@]23CO[C@](O)(CO)[C@@]2(O)CC[C@@H]13. The molecule has 4 fully saturated rings. The smallest absolute Gasteiger partial charge is 0.219 e. The van der Waals surface area contributed by atoms with Crippen LogP contribution in [0, 0.1) is 28.6 Å². The highest BCUT2D eigenvalue weighted by molar-refractivity contribution is 5.91. The van der Waals surface area contributed by atoms with Crippen LogP contribution in [-0.2, 0) is 9.53 Å². The molecule has 0 bridgehead atoms. The molecule has 0 aromatic heterocycles. The largest absolute Gasteiger partial charge is 0.393 e. The van der Waals surface area contributed by atoms with Gasteiger partial charge >= 0.3 is 0 Å². The second kappa shape index (κ2) is 5.42. The predicted octanol–water partition coefficient (Wildman–Crippen LogP) is 0.911. The number of hydrogen-bond donors (Lipinski definition) is 4. The number of fused-ring (bicyclic) bond motifs is 4. The van der Waals surface area contributed by atoms with Crippen molar-refractivity contribution in [2.24, 2.45) is 28.6 Å². The maximum absolute atomic E-state index is 11.9. The van der Waals surface area contributed by atoms with E-state index in [2.05, 4.69) is 6.92 Å². The Morgan fingerprint density at radius 3 is 2.74 bits per heavy atom. The molecule has 8 atom stereocenters. The van der Waals surface area contributed by atoms with Gasteiger partial charge in [0.1, 0.15) is 12.2 Å². The van der Waals surface area contributed by atoms with E-state index in [1.807, 2.05) is 6.08 Å². The second-order valence-corrected chi connectivity index (χ2v) is 9.95. The highest BCUT2D eigenvalue weighted by Crippen LogP contribution is 2.71. The fraction of sp³-hybridized carbons (Fsp3) is 0.857. The number of hydrogen-bond acceptors (Lipinski definition) is 6. The minimum Gasteiger partial charge on any atom is -0.393 e. The lowest BCUT2D eigenvalue weighted by atomic mass is 9.46. The van der Waals surface area contributed by atoms with E-state index in [4.69, 9.17) is 4.74 Å². The first kappa shape index (κ1) is 18.3. The van der Waals surface area contributed by atoms with Crippen LogP contribution >= 0.6 is 0 Å². The monoisotopic (exact) mass is 381 g/mol. The Hall–Kier alpha value is -0.790. The molecule has 0 aromatic rings. The Labute approximate surface area is 159 Å². The minimum atomic E-state index is -1.95. The third-order valence-electron chi connectivity index (χ3n) is 9.19. The van der Waals surface area contributed by atoms with Crippen LogP contribution < -0.4 is 0 Å². The van der Waals surface area contributed by atoms with Gasteiger partial charge in [-0.2, -0.15) is 0 Å². The quantitative estimate of drug-likeness (QED) is 0.503. The Bertz CT molecular complexity index is 719. The van der Waals surface area contributed by atoms with Crippen molar-refractivity contribution in [3.8, 4) is 0 Å². The Morgan fingerprint density at radius 1 is 1.22 bits per heavy atom. The molecule has 3 saturated carbocycles. The number of carbonyl (C=O) groups excluding carboxylic acids is 1. The van der Waals surface area contributed by atoms with Crippen LogP contribution in [0.5, 0.6) is 0 Å². The fourth-order valence-corrected chi connectivity index (χ4v) is 7.90. The van der Waals surface area contributed by atoms with Crippen LogP contribution in [-0.4, -0.2) is 56.9 Å². The van der Waals surface area contributed by atoms with Gasteiger partial charge in [0.2, 0.25) is 5.79 Å². The summed E-state index contributed by atoms with van der Waals surface area (Å²) in [5, 5.41) is 43.2. The number of ether oxygens (including phenoxy) is 1. The molecule has 5 rings (SSSR count). The molecule has 0 amide bonds. The average molecular weight is 381 g/mol. The molecule has 5 aliphatic rings. The lowest BCUT2D eigenvalue weighted by Gasteiger charge is -2.60. The third kappa shape index (κ3) is 1.96. The summed E-state index contributed by atoms with van der Waals surface area (Å²) < 4.78 is 5.58. The van der Waals surface area contributed by atoms with Crippen molar-refractivity contribution in [2.45, 2.75) is 69.4 Å². The van der Waals surface area contributed by atoms with Crippen LogP contribution in [0.25, 0.3) is 0 Å². The molecule has 4 N–H and O–H groups in total. The number of allylic oxidation sites excluding steroid dienone is 1. The minimum absolute atomic E-state index is 0.0615. The van der Waals surface area contributed by atoms with Crippen molar-refractivity contribution >= 4 is 5.78 Å². The van der Waals surface area contributed by atoms with Crippen molar-refractivity contribution < 1.29 is 30.0 Å². The first-order valence-electron chi connectivity index (χ1n) is 10.3. The highest BCUT2D eigenvalue weighted by atomic mass is 16.7. The summed E-state index contributed by atoms with van der Waals surface area (Å²) in [5.74, 6) is -1.33. The Balaban J connectivity index is 1.56. The molecule has 0 radical (unpaired) electrons. The normalized spacial score (nSPS) is 56.8. The molecule has 0 unspecified atom stereocenters. The molecular weight excluding hydrogens is 351 g/mol. The van der Waals surface area contributed by atoms with Crippen molar-refractivity contribution in [1.29, 1.82) is 0 Å². The number of aliphatic hydroxyl groups is 4. The summed E-state index contributed by atoms with van der Waals surface area (Å²) in [7, 11) is 0. The van der Waals surface area contributed by atoms with Crippen LogP contribution in [0.1, 0.15) is 51.9 Å². The summed E-state index contributed by atoms with van der Waals surface area (Å²) in [6, 6.07) is 0. The Morgan fingerprint density at radius 2 is 2.00 bits per heavy atom. The predicted molar refractivity (Wildman–Crippen MR) is 95.4 cm³/mol. The molecule has 150 valence electrons. The van der Waals surface area contributed by atoms with E-state index in [1.165, 1.54) is 5.57 Å². The van der Waals surface area contributed by atoms with Gasteiger partial charge in [-0.25, -0.2) is 0 Å². The number of ketones is 1. The molecule has 27 heavy (non-hydrogen) atoms. The second-order valence-electron chi connectivity index (χ2n) is 9.95. The zero-order valence-corrected chi connectivity index (χ0v) is 15.9. The molecule has 0 aromatic carbocycles. The van der Waals surface area contributed by atoms with E-state index in [0.717, 1.165) is 25.7 Å². The summed E-state index contributed by atoms with van der Waals surface area (Å²) in [4.78, 5) is 11.9. The first-order valence-corrected chi connectivity index (χ1v) is 10.3. The van der Waals surface area contributed by atoms with E-state index in [1.54, 1.807) is 0 Å². The van der Waals surface area contributed by atoms with Crippen LogP contribution in [0.4, 0.5) is 0 Å².